The number of piperidine rings is 1. The molecular formula is C27H28ClFN2O. The van der Waals surface area contributed by atoms with Gasteiger partial charge in [-0.3, -0.25) is 9.69 Å². The summed E-state index contributed by atoms with van der Waals surface area (Å²) in [6.07, 6.45) is 0.734. The molecule has 1 N–H and O–H groups in total. The number of nitrogens with one attached hydrogen (secondary N) is 1. The Labute approximate surface area is 194 Å². The van der Waals surface area contributed by atoms with Crippen LogP contribution < -0.4 is 5.32 Å². The predicted octanol–water partition coefficient (Wildman–Crippen LogP) is 5.96. The van der Waals surface area contributed by atoms with E-state index >= 15 is 0 Å². The number of halogens is 2. The van der Waals surface area contributed by atoms with Crippen LogP contribution in [0.1, 0.15) is 42.0 Å². The molecule has 0 aliphatic carbocycles. The molecule has 4 rings (SSSR count). The second-order valence-corrected chi connectivity index (χ2v) is 9.01. The van der Waals surface area contributed by atoms with E-state index in [-0.39, 0.29) is 29.6 Å². The van der Waals surface area contributed by atoms with Crippen molar-refractivity contribution in [2.45, 2.75) is 31.8 Å². The minimum atomic E-state index is -0.247. The van der Waals surface area contributed by atoms with Gasteiger partial charge in [0, 0.05) is 24.7 Å². The second kappa shape index (κ2) is 10.3. The molecule has 1 saturated heterocycles. The Morgan fingerprint density at radius 3 is 2.44 bits per heavy atom. The molecule has 1 aliphatic heterocycles. The minimum absolute atomic E-state index is 0.0531. The summed E-state index contributed by atoms with van der Waals surface area (Å²) in [5.74, 6) is -0.206. The molecule has 1 heterocycles. The molecule has 0 radical (unpaired) electrons. The van der Waals surface area contributed by atoms with E-state index in [2.05, 4.69) is 10.2 Å². The topological polar surface area (TPSA) is 32.3 Å². The highest BCUT2D eigenvalue weighted by atomic mass is 35.5. The van der Waals surface area contributed by atoms with E-state index in [4.69, 9.17) is 11.6 Å². The van der Waals surface area contributed by atoms with Crippen molar-refractivity contribution in [2.75, 3.05) is 13.1 Å². The molecule has 1 fully saturated rings. The van der Waals surface area contributed by atoms with Crippen molar-refractivity contribution < 1.29 is 9.18 Å². The summed E-state index contributed by atoms with van der Waals surface area (Å²) in [4.78, 5) is 15.5. The zero-order valence-corrected chi connectivity index (χ0v) is 18.9. The fourth-order valence-corrected chi connectivity index (χ4v) is 4.71. The summed E-state index contributed by atoms with van der Waals surface area (Å²) in [5, 5.41) is 3.92. The van der Waals surface area contributed by atoms with Crippen LogP contribution in [-0.4, -0.2) is 23.9 Å². The lowest BCUT2D eigenvalue weighted by molar-refractivity contribution is -0.127. The van der Waals surface area contributed by atoms with Gasteiger partial charge < -0.3 is 5.32 Å². The monoisotopic (exact) mass is 450 g/mol. The summed E-state index contributed by atoms with van der Waals surface area (Å²) in [7, 11) is 0. The third-order valence-corrected chi connectivity index (χ3v) is 6.62. The van der Waals surface area contributed by atoms with Gasteiger partial charge in [0.25, 0.3) is 0 Å². The number of hydrogen-bond donors (Lipinski definition) is 1. The van der Waals surface area contributed by atoms with Crippen molar-refractivity contribution in [3.05, 3.63) is 106 Å². The third kappa shape index (κ3) is 5.56. The first-order chi connectivity index (χ1) is 15.5. The molecule has 0 saturated carbocycles. The maximum atomic E-state index is 13.5. The van der Waals surface area contributed by atoms with Crippen molar-refractivity contribution in [3.8, 4) is 0 Å². The van der Waals surface area contributed by atoms with E-state index in [0.29, 0.717) is 13.1 Å². The van der Waals surface area contributed by atoms with Crippen LogP contribution in [-0.2, 0) is 11.3 Å². The maximum absolute atomic E-state index is 13.5. The zero-order valence-electron chi connectivity index (χ0n) is 18.2. The number of rotatable bonds is 6. The number of benzene rings is 3. The summed E-state index contributed by atoms with van der Waals surface area (Å²) >= 11 is 6.40. The van der Waals surface area contributed by atoms with Gasteiger partial charge in [0.2, 0.25) is 5.91 Å². The number of likely N-dealkylation sites (tertiary alicyclic amines) is 1. The Hall–Kier alpha value is -2.69. The van der Waals surface area contributed by atoms with Gasteiger partial charge in [-0.1, -0.05) is 72.3 Å². The number of carbonyl (C=O) groups excluding carboxylic acids is 1. The lowest BCUT2D eigenvalue weighted by Gasteiger charge is -2.38. The number of hydrogen-bond acceptors (Lipinski definition) is 2. The van der Waals surface area contributed by atoms with Gasteiger partial charge >= 0.3 is 0 Å². The molecule has 3 atom stereocenters. The van der Waals surface area contributed by atoms with Gasteiger partial charge in [0.05, 0.1) is 12.0 Å². The Kier molecular flexibility index (Phi) is 7.23. The maximum Gasteiger partial charge on any atom is 0.224 e. The first-order valence-corrected chi connectivity index (χ1v) is 11.4. The highest BCUT2D eigenvalue weighted by molar-refractivity contribution is 6.31. The van der Waals surface area contributed by atoms with Gasteiger partial charge in [-0.25, -0.2) is 4.39 Å². The average molecular weight is 451 g/mol. The van der Waals surface area contributed by atoms with Gasteiger partial charge in [0.15, 0.2) is 0 Å². The molecule has 1 amide bonds. The minimum Gasteiger partial charge on any atom is -0.349 e. The van der Waals surface area contributed by atoms with Crippen LogP contribution in [0.5, 0.6) is 0 Å². The standard InChI is InChI=1S/C27H28ClFN2O/c1-19(20-7-3-2-4-8-20)30-27(32)24-15-23(21-11-13-25(29)14-12-21)17-31(18-24)16-22-9-5-6-10-26(22)28/h2-14,19,23-24H,15-18H2,1H3,(H,30,32)/t19-,23-,24-/m0/s1. The average Bonchev–Trinajstić information content (AvgIpc) is 2.81. The van der Waals surface area contributed by atoms with Crippen molar-refractivity contribution >= 4 is 17.5 Å². The second-order valence-electron chi connectivity index (χ2n) is 8.61. The molecule has 166 valence electrons. The summed E-state index contributed by atoms with van der Waals surface area (Å²) in [6, 6.07) is 24.4. The first kappa shape index (κ1) is 22.5. The largest absolute Gasteiger partial charge is 0.349 e. The molecule has 1 aliphatic rings. The molecule has 0 spiro atoms. The molecule has 0 aromatic heterocycles. The molecule has 3 aromatic carbocycles. The van der Waals surface area contributed by atoms with E-state index in [1.807, 2.05) is 73.7 Å². The predicted molar refractivity (Wildman–Crippen MR) is 127 cm³/mol. The third-order valence-electron chi connectivity index (χ3n) is 6.25. The number of amides is 1. The van der Waals surface area contributed by atoms with Crippen LogP contribution in [0.2, 0.25) is 5.02 Å². The fourth-order valence-electron chi connectivity index (χ4n) is 4.51. The summed E-state index contributed by atoms with van der Waals surface area (Å²) in [5.41, 5.74) is 3.19. The lowest BCUT2D eigenvalue weighted by Crippen LogP contribution is -2.45. The molecule has 3 aromatic rings. The summed E-state index contributed by atoms with van der Waals surface area (Å²) in [6.45, 7) is 4.15. The zero-order chi connectivity index (χ0) is 22.5. The lowest BCUT2D eigenvalue weighted by atomic mass is 9.83. The van der Waals surface area contributed by atoms with Crippen molar-refractivity contribution in [1.29, 1.82) is 0 Å². The SMILES string of the molecule is C[C@H](NC(=O)[C@H]1C[C@H](c2ccc(F)cc2)CN(Cc2ccccc2Cl)C1)c1ccccc1. The molecule has 5 heteroatoms. The summed E-state index contributed by atoms with van der Waals surface area (Å²) < 4.78 is 13.5. The Morgan fingerprint density at radius 2 is 1.72 bits per heavy atom. The van der Waals surface area contributed by atoms with E-state index in [0.717, 1.165) is 34.7 Å². The van der Waals surface area contributed by atoms with Crippen LogP contribution in [0.15, 0.2) is 78.9 Å². The van der Waals surface area contributed by atoms with Crippen LogP contribution >= 0.6 is 11.6 Å². The molecular weight excluding hydrogens is 423 g/mol. The molecule has 32 heavy (non-hydrogen) atoms. The van der Waals surface area contributed by atoms with E-state index in [9.17, 15) is 9.18 Å². The van der Waals surface area contributed by atoms with E-state index in [1.54, 1.807) is 0 Å². The number of nitrogens with zero attached hydrogens (tertiary/aromatic N) is 1. The van der Waals surface area contributed by atoms with Gasteiger partial charge in [-0.05, 0) is 54.2 Å². The van der Waals surface area contributed by atoms with Crippen LogP contribution in [0.4, 0.5) is 4.39 Å². The highest BCUT2D eigenvalue weighted by Crippen LogP contribution is 2.32. The normalized spacial score (nSPS) is 20.0. The van der Waals surface area contributed by atoms with Crippen LogP contribution in [0.25, 0.3) is 0 Å². The Morgan fingerprint density at radius 1 is 1.03 bits per heavy atom. The fraction of sp³-hybridized carbons (Fsp3) is 0.296. The molecule has 3 nitrogen and oxygen atoms in total. The van der Waals surface area contributed by atoms with E-state index in [1.165, 1.54) is 12.1 Å². The van der Waals surface area contributed by atoms with Crippen molar-refractivity contribution in [2.24, 2.45) is 5.92 Å². The Balaban J connectivity index is 1.52. The van der Waals surface area contributed by atoms with Gasteiger partial charge in [-0.15, -0.1) is 0 Å². The first-order valence-electron chi connectivity index (χ1n) is 11.1. The van der Waals surface area contributed by atoms with Gasteiger partial charge in [-0.2, -0.15) is 0 Å². The molecule has 0 unspecified atom stereocenters. The van der Waals surface area contributed by atoms with Crippen LogP contribution in [0, 0.1) is 11.7 Å². The highest BCUT2D eigenvalue weighted by Gasteiger charge is 2.33. The number of carbonyl (C=O) groups is 1. The van der Waals surface area contributed by atoms with Crippen molar-refractivity contribution in [1.82, 2.24) is 10.2 Å². The van der Waals surface area contributed by atoms with Crippen molar-refractivity contribution in [3.63, 3.8) is 0 Å². The quantitative estimate of drug-likeness (QED) is 0.502. The van der Waals surface area contributed by atoms with E-state index < -0.39 is 0 Å². The van der Waals surface area contributed by atoms with Crippen LogP contribution in [0.3, 0.4) is 0 Å². The van der Waals surface area contributed by atoms with Gasteiger partial charge in [0.1, 0.15) is 5.82 Å². The smallest absolute Gasteiger partial charge is 0.224 e. The Bertz CT molecular complexity index is 1040. The molecule has 0 bridgehead atoms.